The number of amides is 2. The van der Waals surface area contributed by atoms with Gasteiger partial charge in [-0.25, -0.2) is 4.98 Å². The largest absolute Gasteiger partial charge is 0.488 e. The van der Waals surface area contributed by atoms with Crippen molar-refractivity contribution in [2.45, 2.75) is 45.1 Å². The van der Waals surface area contributed by atoms with Crippen molar-refractivity contribution < 1.29 is 14.3 Å². The summed E-state index contributed by atoms with van der Waals surface area (Å²) in [6, 6.07) is 14.1. The van der Waals surface area contributed by atoms with E-state index in [-0.39, 0.29) is 12.5 Å². The zero-order valence-corrected chi connectivity index (χ0v) is 18.7. The number of hydrogen-bond acceptors (Lipinski definition) is 5. The lowest BCUT2D eigenvalue weighted by molar-refractivity contribution is 0.0951. The minimum absolute atomic E-state index is 0.109. The number of hydrogen-bond donors (Lipinski definition) is 2. The summed E-state index contributed by atoms with van der Waals surface area (Å²) >= 11 is 1.83. The van der Waals surface area contributed by atoms with Gasteiger partial charge in [0.15, 0.2) is 0 Å². The summed E-state index contributed by atoms with van der Waals surface area (Å²) in [5, 5.41) is 4.17. The molecule has 1 aliphatic carbocycles. The fourth-order valence-electron chi connectivity index (χ4n) is 3.82. The molecule has 2 amide bonds. The molecule has 1 heterocycles. The van der Waals surface area contributed by atoms with Gasteiger partial charge in [0.2, 0.25) is 0 Å². The molecule has 6 nitrogen and oxygen atoms in total. The molecular weight excluding hydrogens is 422 g/mol. The third-order valence-electron chi connectivity index (χ3n) is 5.48. The number of nitrogens with two attached hydrogens (primary N) is 1. The maximum absolute atomic E-state index is 12.6. The van der Waals surface area contributed by atoms with Gasteiger partial charge in [-0.3, -0.25) is 9.59 Å². The van der Waals surface area contributed by atoms with Crippen LogP contribution in [-0.2, 0) is 25.9 Å². The van der Waals surface area contributed by atoms with Gasteiger partial charge in [-0.05, 0) is 61.9 Å². The van der Waals surface area contributed by atoms with Crippen LogP contribution in [0.2, 0.25) is 0 Å². The highest BCUT2D eigenvalue weighted by molar-refractivity contribution is 7.11. The first-order valence-electron chi connectivity index (χ1n) is 11.0. The van der Waals surface area contributed by atoms with Gasteiger partial charge >= 0.3 is 0 Å². The quantitative estimate of drug-likeness (QED) is 0.482. The Morgan fingerprint density at radius 3 is 2.78 bits per heavy atom. The molecule has 0 radical (unpaired) electrons. The third kappa shape index (κ3) is 5.53. The van der Waals surface area contributed by atoms with E-state index in [0.29, 0.717) is 23.4 Å². The first-order valence-corrected chi connectivity index (χ1v) is 11.8. The molecule has 3 aromatic rings. The molecular formula is C25H27N3O3S. The number of nitrogens with zero attached hydrogens (tertiary/aromatic N) is 1. The topological polar surface area (TPSA) is 94.3 Å². The predicted molar refractivity (Wildman–Crippen MR) is 125 cm³/mol. The number of rotatable bonds is 9. The Morgan fingerprint density at radius 2 is 1.94 bits per heavy atom. The van der Waals surface area contributed by atoms with Crippen LogP contribution in [0.15, 0.2) is 48.5 Å². The minimum atomic E-state index is -0.536. The molecule has 166 valence electrons. The highest BCUT2D eigenvalue weighted by Crippen LogP contribution is 2.27. The number of nitrogens with one attached hydrogen (secondary N) is 1. The first kappa shape index (κ1) is 22.0. The number of aryl methyl sites for hydroxylation is 3. The second-order valence-corrected chi connectivity index (χ2v) is 9.06. The maximum atomic E-state index is 12.6. The van der Waals surface area contributed by atoms with E-state index in [0.717, 1.165) is 31.2 Å². The van der Waals surface area contributed by atoms with E-state index in [4.69, 9.17) is 15.5 Å². The lowest BCUT2D eigenvalue weighted by Crippen LogP contribution is -2.24. The molecule has 1 aromatic heterocycles. The first-order chi connectivity index (χ1) is 15.6. The van der Waals surface area contributed by atoms with E-state index in [1.807, 2.05) is 23.5 Å². The van der Waals surface area contributed by atoms with E-state index in [9.17, 15) is 9.59 Å². The van der Waals surface area contributed by atoms with Crippen LogP contribution in [0, 0.1) is 0 Å². The molecule has 7 heteroatoms. The average Bonchev–Trinajstić information content (AvgIpc) is 3.23. The van der Waals surface area contributed by atoms with Gasteiger partial charge in [-0.1, -0.05) is 24.3 Å². The van der Waals surface area contributed by atoms with Crippen molar-refractivity contribution >= 4 is 23.2 Å². The van der Waals surface area contributed by atoms with Crippen LogP contribution in [0.3, 0.4) is 0 Å². The molecule has 3 N–H and O–H groups in total. The summed E-state index contributed by atoms with van der Waals surface area (Å²) in [6.45, 7) is 0.843. The molecule has 0 fully saturated rings. The molecule has 4 rings (SSSR count). The molecule has 2 aromatic carbocycles. The summed E-state index contributed by atoms with van der Waals surface area (Å²) in [5.74, 6) is -0.215. The van der Waals surface area contributed by atoms with Crippen LogP contribution in [0.5, 0.6) is 5.75 Å². The Balaban J connectivity index is 1.27. The summed E-state index contributed by atoms with van der Waals surface area (Å²) in [6.07, 6.45) is 6.55. The number of carbonyl (C=O) groups excluding carboxylic acids is 2. The maximum Gasteiger partial charge on any atom is 0.252 e. The van der Waals surface area contributed by atoms with Crippen LogP contribution in [-0.4, -0.2) is 23.3 Å². The fraction of sp³-hybridized carbons (Fsp3) is 0.320. The van der Waals surface area contributed by atoms with E-state index in [2.05, 4.69) is 5.32 Å². The van der Waals surface area contributed by atoms with Crippen LogP contribution < -0.4 is 15.8 Å². The number of aromatic nitrogens is 1. The van der Waals surface area contributed by atoms with Crippen molar-refractivity contribution in [1.82, 2.24) is 10.3 Å². The van der Waals surface area contributed by atoms with Crippen molar-refractivity contribution in [2.75, 3.05) is 6.54 Å². The SMILES string of the molecule is NC(=O)c1ccccc1OCc1cccc(C(=O)NCCCc2nc3c(s2)CCCC3)c1. The van der Waals surface area contributed by atoms with Gasteiger partial charge in [0.25, 0.3) is 11.8 Å². The molecule has 0 unspecified atom stereocenters. The number of para-hydroxylation sites is 1. The van der Waals surface area contributed by atoms with E-state index >= 15 is 0 Å². The lowest BCUT2D eigenvalue weighted by Gasteiger charge is -2.10. The third-order valence-corrected chi connectivity index (χ3v) is 6.70. The normalized spacial score (nSPS) is 12.8. The lowest BCUT2D eigenvalue weighted by atomic mass is 10.0. The van der Waals surface area contributed by atoms with Crippen LogP contribution in [0.1, 0.15) is 61.1 Å². The van der Waals surface area contributed by atoms with Crippen molar-refractivity contribution in [3.8, 4) is 5.75 Å². The highest BCUT2D eigenvalue weighted by Gasteiger charge is 2.15. The highest BCUT2D eigenvalue weighted by atomic mass is 32.1. The zero-order chi connectivity index (χ0) is 22.3. The fourth-order valence-corrected chi connectivity index (χ4v) is 5.01. The summed E-state index contributed by atoms with van der Waals surface area (Å²) < 4.78 is 5.76. The summed E-state index contributed by atoms with van der Waals surface area (Å²) in [5.41, 5.74) is 8.44. The van der Waals surface area contributed by atoms with Crippen LogP contribution >= 0.6 is 11.3 Å². The standard InChI is InChI=1S/C25H27N3O3S/c26-24(29)19-9-1-3-11-21(19)31-16-17-7-5-8-18(15-17)25(30)27-14-6-13-23-28-20-10-2-4-12-22(20)32-23/h1,3,5,7-9,11,15H,2,4,6,10,12-14,16H2,(H2,26,29)(H,27,30). The molecule has 32 heavy (non-hydrogen) atoms. The Morgan fingerprint density at radius 1 is 1.09 bits per heavy atom. The van der Waals surface area contributed by atoms with Crippen molar-refractivity contribution in [3.05, 3.63) is 80.8 Å². The monoisotopic (exact) mass is 449 g/mol. The van der Waals surface area contributed by atoms with Gasteiger partial charge in [-0.2, -0.15) is 0 Å². The van der Waals surface area contributed by atoms with E-state index in [1.165, 1.54) is 28.4 Å². The number of benzene rings is 2. The predicted octanol–water partition coefficient (Wildman–Crippen LogP) is 4.06. The van der Waals surface area contributed by atoms with E-state index < -0.39 is 5.91 Å². The minimum Gasteiger partial charge on any atom is -0.488 e. The smallest absolute Gasteiger partial charge is 0.252 e. The van der Waals surface area contributed by atoms with Crippen molar-refractivity contribution in [3.63, 3.8) is 0 Å². The molecule has 0 aliphatic heterocycles. The van der Waals surface area contributed by atoms with Crippen molar-refractivity contribution in [1.29, 1.82) is 0 Å². The molecule has 0 saturated heterocycles. The van der Waals surface area contributed by atoms with Gasteiger partial charge in [0.1, 0.15) is 12.4 Å². The van der Waals surface area contributed by atoms with Gasteiger partial charge in [0, 0.05) is 23.4 Å². The molecule has 0 spiro atoms. The zero-order valence-electron chi connectivity index (χ0n) is 17.9. The number of fused-ring (bicyclic) bond motifs is 1. The Kier molecular flexibility index (Phi) is 7.17. The number of carbonyl (C=O) groups is 2. The summed E-state index contributed by atoms with van der Waals surface area (Å²) in [7, 11) is 0. The van der Waals surface area contributed by atoms with Crippen LogP contribution in [0.4, 0.5) is 0 Å². The Bertz CT molecular complexity index is 1090. The number of primary amides is 1. The van der Waals surface area contributed by atoms with Crippen molar-refractivity contribution in [2.24, 2.45) is 5.73 Å². The second kappa shape index (κ2) is 10.4. The molecule has 0 saturated carbocycles. The molecule has 0 atom stereocenters. The second-order valence-electron chi connectivity index (χ2n) is 7.89. The summed E-state index contributed by atoms with van der Waals surface area (Å²) in [4.78, 5) is 30.3. The number of ether oxygens (including phenoxy) is 1. The average molecular weight is 450 g/mol. The Hall–Kier alpha value is -3.19. The Labute approximate surface area is 191 Å². The van der Waals surface area contributed by atoms with Gasteiger partial charge in [0.05, 0.1) is 16.3 Å². The molecule has 0 bridgehead atoms. The van der Waals surface area contributed by atoms with Crippen LogP contribution in [0.25, 0.3) is 0 Å². The number of thiazole rings is 1. The van der Waals surface area contributed by atoms with Gasteiger partial charge in [-0.15, -0.1) is 11.3 Å². The van der Waals surface area contributed by atoms with Gasteiger partial charge < -0.3 is 15.8 Å². The van der Waals surface area contributed by atoms with E-state index in [1.54, 1.807) is 36.4 Å². The molecule has 1 aliphatic rings.